The Balaban J connectivity index is 1.20. The van der Waals surface area contributed by atoms with E-state index in [-0.39, 0.29) is 24.2 Å². The van der Waals surface area contributed by atoms with Gasteiger partial charge in [0.15, 0.2) is 0 Å². The first-order valence-electron chi connectivity index (χ1n) is 16.8. The average molecular weight is 784 g/mol. The van der Waals surface area contributed by atoms with Gasteiger partial charge in [0.05, 0.1) is 28.7 Å². The molecule has 0 saturated carbocycles. The van der Waals surface area contributed by atoms with E-state index in [1.165, 1.54) is 4.90 Å². The molecule has 2 N–H and O–H groups in total. The van der Waals surface area contributed by atoms with Crippen LogP contribution in [0.2, 0.25) is 0 Å². The van der Waals surface area contributed by atoms with Crippen molar-refractivity contribution in [2.24, 2.45) is 5.92 Å². The minimum absolute atomic E-state index is 0.0205. The number of carbonyl (C=O) groups is 2. The maximum atomic E-state index is 14.6. The highest BCUT2D eigenvalue weighted by Crippen LogP contribution is 2.36. The fourth-order valence-electron chi connectivity index (χ4n) is 8.13. The quantitative estimate of drug-likeness (QED) is 0.277. The van der Waals surface area contributed by atoms with Crippen molar-refractivity contribution in [3.63, 3.8) is 0 Å². The number of hydrogen-bond acceptors (Lipinski definition) is 6. The molecular formula is C35H41Br2N7O4. The van der Waals surface area contributed by atoms with Crippen molar-refractivity contribution in [2.45, 2.75) is 50.2 Å². The van der Waals surface area contributed by atoms with Crippen LogP contribution >= 0.6 is 31.9 Å². The number of piperazine rings is 1. The third kappa shape index (κ3) is 6.54. The van der Waals surface area contributed by atoms with Crippen LogP contribution in [0.1, 0.15) is 37.3 Å². The van der Waals surface area contributed by atoms with Crippen molar-refractivity contribution in [1.29, 1.82) is 0 Å². The number of nitrogens with zero attached hydrogens (tertiary/aromatic N) is 6. The van der Waals surface area contributed by atoms with Gasteiger partial charge in [-0.05, 0) is 108 Å². The molecule has 11 nitrogen and oxygen atoms in total. The molecule has 2 aromatic carbocycles. The largest absolute Gasteiger partial charge is 0.465 e. The van der Waals surface area contributed by atoms with Gasteiger partial charge in [0.1, 0.15) is 0 Å². The Morgan fingerprint density at radius 1 is 0.958 bits per heavy atom. The Kier molecular flexibility index (Phi) is 9.65. The van der Waals surface area contributed by atoms with Crippen LogP contribution < -0.4 is 5.69 Å². The second-order valence-electron chi connectivity index (χ2n) is 13.5. The topological polar surface area (TPSA) is 118 Å². The van der Waals surface area contributed by atoms with E-state index in [1.807, 2.05) is 47.4 Å². The van der Waals surface area contributed by atoms with E-state index in [4.69, 9.17) is 0 Å². The van der Waals surface area contributed by atoms with Crippen LogP contribution in [0.3, 0.4) is 0 Å². The number of para-hydroxylation sites is 1. The molecule has 254 valence electrons. The second-order valence-corrected chi connectivity index (χ2v) is 15.2. The number of likely N-dealkylation sites (tertiary alicyclic amines) is 2. The van der Waals surface area contributed by atoms with Crippen LogP contribution in [0, 0.1) is 5.92 Å². The normalized spacial score (nSPS) is 22.4. The molecule has 3 saturated heterocycles. The van der Waals surface area contributed by atoms with Crippen molar-refractivity contribution in [2.75, 3.05) is 52.9 Å². The molecule has 2 aromatic heterocycles. The van der Waals surface area contributed by atoms with Crippen LogP contribution in [0.5, 0.6) is 0 Å². The molecule has 2 amide bonds. The van der Waals surface area contributed by atoms with Gasteiger partial charge in [-0.25, -0.2) is 9.59 Å². The summed E-state index contributed by atoms with van der Waals surface area (Å²) in [5.41, 5.74) is 2.90. The summed E-state index contributed by atoms with van der Waals surface area (Å²) in [6.07, 6.45) is 4.15. The Bertz CT molecular complexity index is 1880. The van der Waals surface area contributed by atoms with Gasteiger partial charge in [0, 0.05) is 65.2 Å². The van der Waals surface area contributed by atoms with Crippen molar-refractivity contribution < 1.29 is 14.7 Å². The third-order valence-corrected chi connectivity index (χ3v) is 12.6. The van der Waals surface area contributed by atoms with E-state index >= 15 is 0 Å². The number of aromatic amines is 1. The van der Waals surface area contributed by atoms with Gasteiger partial charge in [0.25, 0.3) is 0 Å². The first kappa shape index (κ1) is 33.2. The van der Waals surface area contributed by atoms with E-state index in [2.05, 4.69) is 58.7 Å². The monoisotopic (exact) mass is 781 g/mol. The lowest BCUT2D eigenvalue weighted by Gasteiger charge is -2.45. The van der Waals surface area contributed by atoms with Crippen molar-refractivity contribution in [3.05, 3.63) is 73.7 Å². The molecule has 3 aliphatic rings. The molecule has 4 aromatic rings. The van der Waals surface area contributed by atoms with Crippen molar-refractivity contribution in [3.8, 4) is 0 Å². The predicted octanol–water partition coefficient (Wildman–Crippen LogP) is 5.18. The molecule has 7 rings (SSSR count). The van der Waals surface area contributed by atoms with Crippen molar-refractivity contribution in [1.82, 2.24) is 34.1 Å². The lowest BCUT2D eigenvalue weighted by Crippen LogP contribution is -2.58. The molecule has 13 heteroatoms. The summed E-state index contributed by atoms with van der Waals surface area (Å²) in [7, 11) is 2.17. The minimum atomic E-state index is -1.04. The Morgan fingerprint density at radius 2 is 1.69 bits per heavy atom. The zero-order valence-electron chi connectivity index (χ0n) is 27.0. The van der Waals surface area contributed by atoms with Gasteiger partial charge in [-0.1, -0.05) is 24.3 Å². The first-order chi connectivity index (χ1) is 23.2. The summed E-state index contributed by atoms with van der Waals surface area (Å²) in [5, 5.41) is 11.3. The maximum absolute atomic E-state index is 14.6. The minimum Gasteiger partial charge on any atom is -0.465 e. The Hall–Kier alpha value is -3.26. The lowest BCUT2D eigenvalue weighted by atomic mass is 9.82. The number of hydrogen-bond donors (Lipinski definition) is 2. The fraction of sp³-hybridized carbons (Fsp3) is 0.486. The number of H-pyrrole nitrogens is 1. The van der Waals surface area contributed by atoms with Gasteiger partial charge in [-0.2, -0.15) is 0 Å². The molecule has 5 heterocycles. The summed E-state index contributed by atoms with van der Waals surface area (Å²) in [4.78, 5) is 56.9. The summed E-state index contributed by atoms with van der Waals surface area (Å²) in [5.74, 6) is -0.639. The summed E-state index contributed by atoms with van der Waals surface area (Å²) in [6.45, 7) is 5.28. The molecular weight excluding hydrogens is 742 g/mol. The number of carbonyl (C=O) groups excluding carboxylic acids is 1. The highest BCUT2D eigenvalue weighted by atomic mass is 79.9. The number of amides is 2. The van der Waals surface area contributed by atoms with Crippen LogP contribution in [0.15, 0.2) is 62.4 Å². The van der Waals surface area contributed by atoms with Gasteiger partial charge in [0.2, 0.25) is 5.91 Å². The predicted molar refractivity (Wildman–Crippen MR) is 192 cm³/mol. The number of halogens is 2. The SMILES string of the molecule is CN1CCC(N2CCN(C(=O)C(Cc3ccc(Br)c(Br)c3)[C@H]3CC(n4c(=O)[nH]c5c6ccccc6ncc54)CCN3C(=O)O)CC2)CC1. The number of imidazole rings is 1. The van der Waals surface area contributed by atoms with Crippen LogP contribution in [-0.4, -0.2) is 116 Å². The Morgan fingerprint density at radius 3 is 2.42 bits per heavy atom. The van der Waals surface area contributed by atoms with E-state index in [0.717, 1.165) is 69.9 Å². The molecule has 0 aliphatic carbocycles. The number of aromatic nitrogens is 3. The molecule has 48 heavy (non-hydrogen) atoms. The number of nitrogens with one attached hydrogen (secondary N) is 1. The molecule has 2 unspecified atom stereocenters. The van der Waals surface area contributed by atoms with Gasteiger partial charge in [-0.15, -0.1) is 0 Å². The third-order valence-electron chi connectivity index (χ3n) is 10.7. The number of pyridine rings is 1. The van der Waals surface area contributed by atoms with E-state index in [9.17, 15) is 19.5 Å². The van der Waals surface area contributed by atoms with Crippen LogP contribution in [-0.2, 0) is 11.2 Å². The van der Waals surface area contributed by atoms with Gasteiger partial charge in [-0.3, -0.25) is 19.2 Å². The zero-order chi connectivity index (χ0) is 33.5. The van der Waals surface area contributed by atoms with E-state index in [1.54, 1.807) is 10.8 Å². The molecule has 0 radical (unpaired) electrons. The highest BCUT2D eigenvalue weighted by Gasteiger charge is 2.43. The zero-order valence-corrected chi connectivity index (χ0v) is 30.2. The molecule has 3 aliphatic heterocycles. The average Bonchev–Trinajstić information content (AvgIpc) is 3.44. The lowest BCUT2D eigenvalue weighted by molar-refractivity contribution is -0.140. The van der Waals surface area contributed by atoms with Crippen LogP contribution in [0.25, 0.3) is 21.9 Å². The number of piperidine rings is 2. The van der Waals surface area contributed by atoms with E-state index < -0.39 is 18.1 Å². The number of carboxylic acid groups (broad SMARTS) is 1. The van der Waals surface area contributed by atoms with Gasteiger partial charge >= 0.3 is 11.8 Å². The van der Waals surface area contributed by atoms with Crippen LogP contribution in [0.4, 0.5) is 4.79 Å². The standard InChI is InChI=1S/C35H41Br2N7O4/c1-40-11-8-23(9-12-40)41-14-16-42(17-15-41)33(45)26(18-22-6-7-27(36)28(37)19-22)30-20-24(10-13-43(30)35(47)48)44-31-21-38-29-5-3-2-4-25(29)32(31)39-34(44)46/h2-7,19,21,23-24,26,30H,8-18,20H2,1H3,(H,39,46)(H,47,48)/t24?,26?,30-/m1/s1. The summed E-state index contributed by atoms with van der Waals surface area (Å²) in [6, 6.07) is 13.2. The van der Waals surface area contributed by atoms with Crippen molar-refractivity contribution >= 4 is 65.8 Å². The molecule has 3 fully saturated rings. The Labute approximate surface area is 296 Å². The smallest absolute Gasteiger partial charge is 0.407 e. The molecule has 3 atom stereocenters. The number of benzene rings is 2. The summed E-state index contributed by atoms with van der Waals surface area (Å²) >= 11 is 7.16. The van der Waals surface area contributed by atoms with Gasteiger partial charge < -0.3 is 24.8 Å². The molecule has 0 spiro atoms. The van der Waals surface area contributed by atoms with E-state index in [0.29, 0.717) is 43.9 Å². The maximum Gasteiger partial charge on any atom is 0.407 e. The highest BCUT2D eigenvalue weighted by molar-refractivity contribution is 9.13. The number of fused-ring (bicyclic) bond motifs is 3. The second kappa shape index (κ2) is 13.9. The molecule has 0 bridgehead atoms. The fourth-order valence-corrected chi connectivity index (χ4v) is 8.80. The summed E-state index contributed by atoms with van der Waals surface area (Å²) < 4.78 is 3.52. The number of rotatable bonds is 6. The first-order valence-corrected chi connectivity index (χ1v) is 18.4.